The van der Waals surface area contributed by atoms with E-state index in [0.717, 1.165) is 43.7 Å². The molecule has 7 heteroatoms. The number of fused-ring (bicyclic) bond motifs is 3. The molecule has 160 valence electrons. The number of amides is 1. The van der Waals surface area contributed by atoms with Crippen molar-refractivity contribution in [3.8, 4) is 0 Å². The van der Waals surface area contributed by atoms with E-state index in [9.17, 15) is 9.59 Å². The molecule has 3 aromatic heterocycles. The molecule has 4 aromatic rings. The zero-order valence-corrected chi connectivity index (χ0v) is 17.7. The van der Waals surface area contributed by atoms with Gasteiger partial charge in [-0.25, -0.2) is 4.68 Å². The summed E-state index contributed by atoms with van der Waals surface area (Å²) in [6.45, 7) is 3.41. The van der Waals surface area contributed by atoms with Gasteiger partial charge in [0.1, 0.15) is 17.9 Å². The van der Waals surface area contributed by atoms with Crippen molar-refractivity contribution in [1.82, 2.24) is 19.1 Å². The second-order valence-corrected chi connectivity index (χ2v) is 8.28. The minimum Gasteiger partial charge on any atom is -0.463 e. The summed E-state index contributed by atoms with van der Waals surface area (Å²) in [6, 6.07) is 14.1. The molecule has 0 N–H and O–H groups in total. The van der Waals surface area contributed by atoms with Crippen LogP contribution in [0.25, 0.3) is 16.6 Å². The van der Waals surface area contributed by atoms with Crippen molar-refractivity contribution in [2.45, 2.75) is 39.2 Å². The van der Waals surface area contributed by atoms with Crippen LogP contribution >= 0.6 is 0 Å². The molecule has 0 saturated carbocycles. The third kappa shape index (κ3) is 3.65. The maximum absolute atomic E-state index is 13.0. The Bertz CT molecular complexity index is 1280. The molecular formula is C24H26N4O3. The van der Waals surface area contributed by atoms with Gasteiger partial charge in [0.2, 0.25) is 5.91 Å². The van der Waals surface area contributed by atoms with Crippen LogP contribution in [-0.2, 0) is 24.2 Å². The predicted octanol–water partition coefficient (Wildman–Crippen LogP) is 3.29. The zero-order valence-electron chi connectivity index (χ0n) is 17.7. The summed E-state index contributed by atoms with van der Waals surface area (Å²) in [6.07, 6.45) is 5.27. The molecule has 0 bridgehead atoms. The number of nitrogens with zero attached hydrogens (tertiary/aromatic N) is 4. The van der Waals surface area contributed by atoms with Crippen LogP contribution in [-0.4, -0.2) is 38.1 Å². The molecular weight excluding hydrogens is 392 g/mol. The van der Waals surface area contributed by atoms with Crippen LogP contribution in [0.15, 0.2) is 57.9 Å². The Morgan fingerprint density at radius 1 is 1.13 bits per heavy atom. The molecule has 5 rings (SSSR count). The fourth-order valence-corrected chi connectivity index (χ4v) is 4.62. The smallest absolute Gasteiger partial charge is 0.291 e. The van der Waals surface area contributed by atoms with E-state index >= 15 is 0 Å². The van der Waals surface area contributed by atoms with Gasteiger partial charge < -0.3 is 9.32 Å². The Kier molecular flexibility index (Phi) is 5.10. The molecule has 7 nitrogen and oxygen atoms in total. The van der Waals surface area contributed by atoms with Crippen molar-refractivity contribution in [3.05, 3.63) is 70.5 Å². The fourth-order valence-electron chi connectivity index (χ4n) is 4.62. The molecule has 0 atom stereocenters. The second-order valence-electron chi connectivity index (χ2n) is 8.28. The van der Waals surface area contributed by atoms with E-state index in [2.05, 4.69) is 29.4 Å². The fraction of sp³-hybridized carbons (Fsp3) is 0.375. The molecule has 1 fully saturated rings. The number of furan rings is 1. The van der Waals surface area contributed by atoms with Crippen molar-refractivity contribution in [3.63, 3.8) is 0 Å². The molecule has 1 saturated heterocycles. The second kappa shape index (κ2) is 8.06. The van der Waals surface area contributed by atoms with E-state index in [1.165, 1.54) is 10.2 Å². The number of aryl methyl sites for hydroxylation is 1. The average molecular weight is 418 g/mol. The van der Waals surface area contributed by atoms with Crippen molar-refractivity contribution in [2.24, 2.45) is 5.92 Å². The van der Waals surface area contributed by atoms with Gasteiger partial charge in [0, 0.05) is 31.6 Å². The van der Waals surface area contributed by atoms with Crippen LogP contribution in [0.3, 0.4) is 0 Å². The van der Waals surface area contributed by atoms with E-state index in [4.69, 9.17) is 4.42 Å². The van der Waals surface area contributed by atoms with Crippen molar-refractivity contribution in [2.75, 3.05) is 13.1 Å². The predicted molar refractivity (Wildman–Crippen MR) is 118 cm³/mol. The van der Waals surface area contributed by atoms with Gasteiger partial charge in [-0.3, -0.25) is 14.0 Å². The number of carbonyl (C=O) groups excluding carboxylic acids is 1. The summed E-state index contributed by atoms with van der Waals surface area (Å²) in [4.78, 5) is 27.8. The van der Waals surface area contributed by atoms with Crippen LogP contribution in [0, 0.1) is 5.92 Å². The number of hydrogen-bond donors (Lipinski definition) is 0. The third-order valence-electron chi connectivity index (χ3n) is 6.31. The number of hydrogen-bond acceptors (Lipinski definition) is 4. The van der Waals surface area contributed by atoms with Gasteiger partial charge in [0.05, 0.1) is 11.8 Å². The number of piperidine rings is 1. The summed E-state index contributed by atoms with van der Waals surface area (Å²) in [7, 11) is 0. The highest BCUT2D eigenvalue weighted by Crippen LogP contribution is 2.23. The maximum Gasteiger partial charge on any atom is 0.291 e. The van der Waals surface area contributed by atoms with Gasteiger partial charge in [0.15, 0.2) is 5.58 Å². The van der Waals surface area contributed by atoms with Gasteiger partial charge in [-0.2, -0.15) is 5.10 Å². The minimum absolute atomic E-state index is 0.0295. The number of likely N-dealkylation sites (tertiary alicyclic amines) is 1. The van der Waals surface area contributed by atoms with Crippen LogP contribution in [0.4, 0.5) is 0 Å². The first-order chi connectivity index (χ1) is 15.1. The monoisotopic (exact) mass is 418 g/mol. The number of aromatic nitrogens is 3. The minimum atomic E-state index is -0.268. The van der Waals surface area contributed by atoms with E-state index in [0.29, 0.717) is 23.4 Å². The van der Waals surface area contributed by atoms with Crippen LogP contribution < -0.4 is 5.56 Å². The highest BCUT2D eigenvalue weighted by molar-refractivity contribution is 5.82. The summed E-state index contributed by atoms with van der Waals surface area (Å²) in [5.41, 5.74) is 3.06. The molecule has 0 unspecified atom stereocenters. The molecule has 1 amide bonds. The molecule has 1 aliphatic heterocycles. The van der Waals surface area contributed by atoms with E-state index in [-0.39, 0.29) is 18.0 Å². The number of benzene rings is 1. The number of carbonyl (C=O) groups is 1. The summed E-state index contributed by atoms with van der Waals surface area (Å²) < 4.78 is 8.60. The van der Waals surface area contributed by atoms with Gasteiger partial charge in [-0.15, -0.1) is 0 Å². The van der Waals surface area contributed by atoms with Crippen molar-refractivity contribution < 1.29 is 9.21 Å². The Balaban J connectivity index is 1.30. The first-order valence-corrected chi connectivity index (χ1v) is 10.9. The van der Waals surface area contributed by atoms with Gasteiger partial charge in [-0.05, 0) is 30.7 Å². The normalized spacial score (nSPS) is 15.2. The highest BCUT2D eigenvalue weighted by Gasteiger charge is 2.24. The first kappa shape index (κ1) is 19.6. The van der Waals surface area contributed by atoms with Crippen LogP contribution in [0.5, 0.6) is 0 Å². The quantitative estimate of drug-likeness (QED) is 0.499. The Hall–Kier alpha value is -3.35. The standard InChI is InChI=1S/C24H26N4O3/c1-2-22-25-27(24(30)20-15-21-19(28(20)22)10-13-31-21)16-23(29)26-11-8-18(9-12-26)14-17-6-4-3-5-7-17/h3-7,10,13,15,18H,2,8-9,11-12,14,16H2,1H3. The number of rotatable bonds is 5. The molecule has 1 aromatic carbocycles. The van der Waals surface area contributed by atoms with Gasteiger partial charge >= 0.3 is 0 Å². The summed E-state index contributed by atoms with van der Waals surface area (Å²) in [5, 5.41) is 4.50. The van der Waals surface area contributed by atoms with Crippen molar-refractivity contribution >= 4 is 22.5 Å². The molecule has 0 radical (unpaired) electrons. The van der Waals surface area contributed by atoms with Gasteiger partial charge in [-0.1, -0.05) is 37.3 Å². The molecule has 1 aliphatic rings. The van der Waals surface area contributed by atoms with Crippen LogP contribution in [0.1, 0.15) is 31.2 Å². The zero-order chi connectivity index (χ0) is 21.4. The maximum atomic E-state index is 13.0. The molecule has 0 spiro atoms. The topological polar surface area (TPSA) is 72.8 Å². The summed E-state index contributed by atoms with van der Waals surface area (Å²) >= 11 is 0. The molecule has 0 aliphatic carbocycles. The largest absolute Gasteiger partial charge is 0.463 e. The van der Waals surface area contributed by atoms with Crippen molar-refractivity contribution in [1.29, 1.82) is 0 Å². The third-order valence-corrected chi connectivity index (χ3v) is 6.31. The molecule has 4 heterocycles. The Morgan fingerprint density at radius 3 is 2.65 bits per heavy atom. The lowest BCUT2D eigenvalue weighted by molar-refractivity contribution is -0.133. The van der Waals surface area contributed by atoms with Crippen LogP contribution in [0.2, 0.25) is 0 Å². The van der Waals surface area contributed by atoms with E-state index in [1.54, 1.807) is 12.3 Å². The Morgan fingerprint density at radius 2 is 1.90 bits per heavy atom. The van der Waals surface area contributed by atoms with Gasteiger partial charge in [0.25, 0.3) is 5.56 Å². The highest BCUT2D eigenvalue weighted by atomic mass is 16.3. The SMILES string of the molecule is CCc1nn(CC(=O)N2CCC(Cc3ccccc3)CC2)c(=O)c2cc3occc3n12. The molecule has 31 heavy (non-hydrogen) atoms. The lowest BCUT2D eigenvalue weighted by Crippen LogP contribution is -2.42. The lowest BCUT2D eigenvalue weighted by Gasteiger charge is -2.32. The first-order valence-electron chi connectivity index (χ1n) is 10.9. The lowest BCUT2D eigenvalue weighted by atomic mass is 9.90. The van der Waals surface area contributed by atoms with E-state index in [1.807, 2.05) is 28.4 Å². The Labute approximate surface area is 179 Å². The van der Waals surface area contributed by atoms with E-state index < -0.39 is 0 Å². The summed E-state index contributed by atoms with van der Waals surface area (Å²) in [5.74, 6) is 1.28. The average Bonchev–Trinajstić information content (AvgIpc) is 3.39.